The van der Waals surface area contributed by atoms with Crippen LogP contribution in [0.3, 0.4) is 0 Å². The molecule has 0 aliphatic carbocycles. The second kappa shape index (κ2) is 5.93. The van der Waals surface area contributed by atoms with Crippen LogP contribution < -0.4 is 0 Å². The predicted molar refractivity (Wildman–Crippen MR) is 79.4 cm³/mol. The number of fused-ring (bicyclic) bond motifs is 3. The normalized spacial score (nSPS) is 11.8. The maximum Gasteiger partial charge on any atom is 0.250 e. The van der Waals surface area contributed by atoms with Crippen LogP contribution in [0.25, 0.3) is 22.5 Å². The molecule has 0 aromatic heterocycles. The summed E-state index contributed by atoms with van der Waals surface area (Å²) < 4.78 is 11.1. The molecule has 0 saturated heterocycles. The average molecular weight is 307 g/mol. The quantitative estimate of drug-likeness (QED) is 0.675. The van der Waals surface area contributed by atoms with E-state index in [4.69, 9.17) is 20.8 Å². The molecule has 0 saturated carbocycles. The minimum Gasteiger partial charge on any atom is -0.418 e. The second-order valence-corrected chi connectivity index (χ2v) is 5.42. The molecular formula is C14H15ClN4O2. The third-order valence-electron chi connectivity index (χ3n) is 3.02. The van der Waals surface area contributed by atoms with E-state index in [2.05, 4.69) is 15.2 Å². The lowest BCUT2D eigenvalue weighted by atomic mass is 10.2. The highest BCUT2D eigenvalue weighted by Gasteiger charge is 2.18. The zero-order valence-electron chi connectivity index (χ0n) is 11.8. The van der Waals surface area contributed by atoms with Crippen LogP contribution in [-0.4, -0.2) is 47.3 Å². The van der Waals surface area contributed by atoms with Gasteiger partial charge < -0.3 is 14.1 Å². The molecule has 21 heavy (non-hydrogen) atoms. The highest BCUT2D eigenvalue weighted by molar-refractivity contribution is 6.31. The molecule has 1 aromatic rings. The lowest BCUT2D eigenvalue weighted by Gasteiger charge is -2.09. The van der Waals surface area contributed by atoms with Crippen molar-refractivity contribution < 1.29 is 9.15 Å². The monoisotopic (exact) mass is 306 g/mol. The molecule has 2 aliphatic rings. The number of aromatic nitrogens is 3. The standard InChI is InChI=1S/C14H15ClN4O2/c1-19(2)5-6-20-8-12-17-18-13-10-7-9(15)3-4-11(10)16-14(13)21-12/h3-4,7H,5-6,8H2,1-2H3. The van der Waals surface area contributed by atoms with Crippen molar-refractivity contribution in [2.24, 2.45) is 0 Å². The van der Waals surface area contributed by atoms with E-state index >= 15 is 0 Å². The summed E-state index contributed by atoms with van der Waals surface area (Å²) in [5.41, 5.74) is 1.41. The van der Waals surface area contributed by atoms with Gasteiger partial charge in [0.05, 0.1) is 12.1 Å². The van der Waals surface area contributed by atoms with Crippen molar-refractivity contribution in [3.05, 3.63) is 29.1 Å². The van der Waals surface area contributed by atoms with Gasteiger partial charge in [0.15, 0.2) is 5.69 Å². The van der Waals surface area contributed by atoms with E-state index in [-0.39, 0.29) is 6.61 Å². The molecular weight excluding hydrogens is 292 g/mol. The highest BCUT2D eigenvalue weighted by atomic mass is 35.5. The van der Waals surface area contributed by atoms with E-state index < -0.39 is 0 Å². The Balaban J connectivity index is 1.80. The SMILES string of the molecule is CN(C)CCOCc1nnc2c3cc(Cl)ccc3nc-2o1. The van der Waals surface area contributed by atoms with Gasteiger partial charge in [-0.2, -0.15) is 0 Å². The van der Waals surface area contributed by atoms with Gasteiger partial charge in [0, 0.05) is 17.0 Å². The summed E-state index contributed by atoms with van der Waals surface area (Å²) in [6, 6.07) is 5.43. The molecule has 0 fully saturated rings. The first-order valence-electron chi connectivity index (χ1n) is 6.57. The number of nitrogens with zero attached hydrogens (tertiary/aromatic N) is 4. The lowest BCUT2D eigenvalue weighted by Crippen LogP contribution is -2.18. The van der Waals surface area contributed by atoms with Crippen LogP contribution in [0.4, 0.5) is 0 Å². The Morgan fingerprint density at radius 2 is 2.14 bits per heavy atom. The molecule has 6 nitrogen and oxygen atoms in total. The molecule has 0 N–H and O–H groups in total. The minimum absolute atomic E-state index is 0.279. The smallest absolute Gasteiger partial charge is 0.250 e. The van der Waals surface area contributed by atoms with Gasteiger partial charge in [0.1, 0.15) is 6.61 Å². The summed E-state index contributed by atoms with van der Waals surface area (Å²) in [6.45, 7) is 1.72. The lowest BCUT2D eigenvalue weighted by molar-refractivity contribution is 0.0870. The molecule has 0 unspecified atom stereocenters. The molecule has 0 bridgehead atoms. The predicted octanol–water partition coefficient (Wildman–Crippen LogP) is 2.45. The largest absolute Gasteiger partial charge is 0.418 e. The Labute approximate surface area is 127 Å². The maximum absolute atomic E-state index is 5.99. The Morgan fingerprint density at radius 3 is 2.95 bits per heavy atom. The first kappa shape index (κ1) is 14.2. The van der Waals surface area contributed by atoms with Crippen molar-refractivity contribution in [3.63, 3.8) is 0 Å². The van der Waals surface area contributed by atoms with Crippen molar-refractivity contribution in [1.82, 2.24) is 20.1 Å². The number of rotatable bonds is 5. The number of hydrogen-bond donors (Lipinski definition) is 0. The van der Waals surface area contributed by atoms with Crippen LogP contribution in [0.1, 0.15) is 5.89 Å². The van der Waals surface area contributed by atoms with Crippen LogP contribution in [0.2, 0.25) is 5.02 Å². The van der Waals surface area contributed by atoms with Gasteiger partial charge in [0.25, 0.3) is 0 Å². The van der Waals surface area contributed by atoms with Crippen molar-refractivity contribution in [1.29, 1.82) is 0 Å². The van der Waals surface area contributed by atoms with Crippen molar-refractivity contribution in [3.8, 4) is 11.6 Å². The number of likely N-dealkylation sites (N-methyl/N-ethyl adjacent to an activating group) is 1. The second-order valence-electron chi connectivity index (χ2n) is 4.98. The van der Waals surface area contributed by atoms with E-state index in [1.165, 1.54) is 0 Å². The first-order chi connectivity index (χ1) is 10.1. The topological polar surface area (TPSA) is 64.3 Å². The summed E-state index contributed by atoms with van der Waals surface area (Å²) in [5.74, 6) is 0.864. The van der Waals surface area contributed by atoms with Crippen LogP contribution in [0.5, 0.6) is 0 Å². The molecule has 0 radical (unpaired) electrons. The van der Waals surface area contributed by atoms with Gasteiger partial charge in [-0.05, 0) is 32.3 Å². The number of halogens is 1. The van der Waals surface area contributed by atoms with Gasteiger partial charge in [-0.3, -0.25) is 0 Å². The third kappa shape index (κ3) is 3.12. The van der Waals surface area contributed by atoms with E-state index in [0.29, 0.717) is 29.1 Å². The summed E-state index contributed by atoms with van der Waals surface area (Å²) in [6.07, 6.45) is 0. The van der Waals surface area contributed by atoms with Gasteiger partial charge >= 0.3 is 0 Å². The fraction of sp³-hybridized carbons (Fsp3) is 0.357. The fourth-order valence-electron chi connectivity index (χ4n) is 1.94. The zero-order valence-corrected chi connectivity index (χ0v) is 12.6. The van der Waals surface area contributed by atoms with E-state index in [1.54, 1.807) is 6.07 Å². The molecule has 1 aromatic carbocycles. The highest BCUT2D eigenvalue weighted by Crippen LogP contribution is 2.30. The molecule has 0 spiro atoms. The Morgan fingerprint density at radius 1 is 1.29 bits per heavy atom. The van der Waals surface area contributed by atoms with E-state index in [1.807, 2.05) is 31.1 Å². The van der Waals surface area contributed by atoms with Gasteiger partial charge in [-0.1, -0.05) is 11.6 Å². The van der Waals surface area contributed by atoms with Crippen LogP contribution in [0.15, 0.2) is 22.6 Å². The van der Waals surface area contributed by atoms with E-state index in [0.717, 1.165) is 17.4 Å². The fourth-order valence-corrected chi connectivity index (χ4v) is 2.12. The van der Waals surface area contributed by atoms with Crippen LogP contribution in [-0.2, 0) is 11.3 Å². The molecule has 7 heteroatoms. The van der Waals surface area contributed by atoms with Crippen LogP contribution in [0, 0.1) is 0 Å². The third-order valence-corrected chi connectivity index (χ3v) is 3.26. The number of hydrogen-bond acceptors (Lipinski definition) is 6. The van der Waals surface area contributed by atoms with Crippen molar-refractivity contribution in [2.75, 3.05) is 27.2 Å². The molecule has 0 atom stereocenters. The molecule has 3 rings (SSSR count). The van der Waals surface area contributed by atoms with Crippen molar-refractivity contribution >= 4 is 22.5 Å². The van der Waals surface area contributed by atoms with Gasteiger partial charge in [0.2, 0.25) is 11.8 Å². The Bertz CT molecular complexity index is 728. The van der Waals surface area contributed by atoms with Gasteiger partial charge in [-0.15, -0.1) is 10.2 Å². The summed E-state index contributed by atoms with van der Waals surface area (Å²) in [4.78, 5) is 6.42. The molecule has 110 valence electrons. The summed E-state index contributed by atoms with van der Waals surface area (Å²) in [7, 11) is 3.98. The Kier molecular flexibility index (Phi) is 4.01. The van der Waals surface area contributed by atoms with Crippen LogP contribution >= 0.6 is 11.6 Å². The molecule has 0 amide bonds. The number of benzene rings is 1. The maximum atomic E-state index is 5.99. The summed E-state index contributed by atoms with van der Waals surface area (Å²) >= 11 is 5.99. The molecule has 2 heterocycles. The molecule has 2 aliphatic heterocycles. The number of ether oxygens (including phenoxy) is 1. The summed E-state index contributed by atoms with van der Waals surface area (Å²) in [5, 5.41) is 9.68. The van der Waals surface area contributed by atoms with Crippen molar-refractivity contribution in [2.45, 2.75) is 6.61 Å². The first-order valence-corrected chi connectivity index (χ1v) is 6.95. The minimum atomic E-state index is 0.279. The zero-order chi connectivity index (χ0) is 14.8. The van der Waals surface area contributed by atoms with Gasteiger partial charge in [-0.25, -0.2) is 4.98 Å². The Hall–Kier alpha value is -1.76. The average Bonchev–Trinajstić information content (AvgIpc) is 2.80. The van der Waals surface area contributed by atoms with E-state index in [9.17, 15) is 0 Å².